The number of benzene rings is 2. The summed E-state index contributed by atoms with van der Waals surface area (Å²) in [6.45, 7) is 5.96. The van der Waals surface area contributed by atoms with Crippen molar-refractivity contribution in [1.82, 2.24) is 19.9 Å². The highest BCUT2D eigenvalue weighted by Gasteiger charge is 2.20. The number of piperazine rings is 1. The Morgan fingerprint density at radius 3 is 2.63 bits per heavy atom. The first-order chi connectivity index (χ1) is 18.3. The van der Waals surface area contributed by atoms with Gasteiger partial charge in [-0.3, -0.25) is 4.79 Å². The summed E-state index contributed by atoms with van der Waals surface area (Å²) in [6, 6.07) is 15.3. The first-order valence-electron chi connectivity index (χ1n) is 12.3. The number of amides is 1. The summed E-state index contributed by atoms with van der Waals surface area (Å²) in [7, 11) is 2.14. The van der Waals surface area contributed by atoms with Crippen LogP contribution in [0.1, 0.15) is 27.0 Å². The van der Waals surface area contributed by atoms with Gasteiger partial charge in [0.1, 0.15) is 5.69 Å². The molecule has 0 atom stereocenters. The van der Waals surface area contributed by atoms with Crippen molar-refractivity contribution in [1.29, 1.82) is 0 Å². The number of H-pyrrole nitrogens is 1. The molecule has 8 nitrogen and oxygen atoms in total. The fourth-order valence-electron chi connectivity index (χ4n) is 4.53. The predicted molar refractivity (Wildman–Crippen MR) is 152 cm³/mol. The van der Waals surface area contributed by atoms with E-state index in [-0.39, 0.29) is 5.95 Å². The van der Waals surface area contributed by atoms with Gasteiger partial charge in [0.2, 0.25) is 5.95 Å². The molecule has 1 fully saturated rings. The van der Waals surface area contributed by atoms with E-state index in [0.29, 0.717) is 33.2 Å². The Balaban J connectivity index is 1.53. The van der Waals surface area contributed by atoms with Crippen LogP contribution in [0.25, 0.3) is 22.6 Å². The van der Waals surface area contributed by atoms with E-state index in [1.54, 1.807) is 24.4 Å². The van der Waals surface area contributed by atoms with Crippen LogP contribution in [0.4, 0.5) is 11.6 Å². The maximum absolute atomic E-state index is 12.4. The Labute approximate surface area is 226 Å². The van der Waals surface area contributed by atoms with Crippen molar-refractivity contribution in [2.24, 2.45) is 5.73 Å². The number of hydrogen-bond acceptors (Lipinski definition) is 6. The van der Waals surface area contributed by atoms with E-state index in [1.165, 1.54) is 0 Å². The molecular formula is C29H28ClN7O. The fourth-order valence-corrected chi connectivity index (χ4v) is 4.70. The van der Waals surface area contributed by atoms with Crippen molar-refractivity contribution in [3.63, 3.8) is 0 Å². The van der Waals surface area contributed by atoms with Gasteiger partial charge >= 0.3 is 0 Å². The molecule has 1 saturated heterocycles. The molecule has 5 rings (SSSR count). The molecule has 9 heteroatoms. The average Bonchev–Trinajstić information content (AvgIpc) is 3.35. The summed E-state index contributed by atoms with van der Waals surface area (Å²) in [5, 5.41) is 0.550. The fraction of sp³-hybridized carbons (Fsp3) is 0.207. The molecule has 192 valence electrons. The van der Waals surface area contributed by atoms with Crippen LogP contribution in [0.2, 0.25) is 5.02 Å². The van der Waals surface area contributed by atoms with Crippen LogP contribution >= 0.6 is 11.6 Å². The number of halogens is 1. The number of anilines is 2. The molecule has 3 heterocycles. The van der Waals surface area contributed by atoms with E-state index >= 15 is 0 Å². The molecule has 38 heavy (non-hydrogen) atoms. The van der Waals surface area contributed by atoms with E-state index in [2.05, 4.69) is 55.8 Å². The molecule has 0 bridgehead atoms. The second kappa shape index (κ2) is 10.6. The van der Waals surface area contributed by atoms with Gasteiger partial charge in [0, 0.05) is 54.2 Å². The van der Waals surface area contributed by atoms with Gasteiger partial charge in [-0.25, -0.2) is 9.97 Å². The number of aryl methyl sites for hydroxylation is 1. The summed E-state index contributed by atoms with van der Waals surface area (Å²) in [5.74, 6) is 5.96. The number of nitrogen functional groups attached to an aromatic ring is 1. The van der Waals surface area contributed by atoms with Crippen molar-refractivity contribution < 1.29 is 4.79 Å². The highest BCUT2D eigenvalue weighted by atomic mass is 35.5. The smallest absolute Gasteiger partial charge is 0.250 e. The number of hydrogen-bond donors (Lipinski definition) is 3. The highest BCUT2D eigenvalue weighted by Crippen LogP contribution is 2.33. The van der Waals surface area contributed by atoms with Crippen molar-refractivity contribution in [2.45, 2.75) is 6.92 Å². The standard InChI is InChI=1S/C29H28ClN7O/c1-18-6-9-21(30)15-23(18)27-24(28(31)38)16-25(34-27)26-20(17-33-29(32)35-26)8-7-19-4-3-5-22(14-19)37-12-10-36(2)11-13-37/h3-6,9,14-17,34H,10-13H2,1-2H3,(H2,31,38)(H2,32,33,35). The van der Waals surface area contributed by atoms with Gasteiger partial charge in [-0.05, 0) is 55.9 Å². The number of nitrogens with one attached hydrogen (secondary N) is 1. The lowest BCUT2D eigenvalue weighted by Gasteiger charge is -2.34. The SMILES string of the molecule is Cc1ccc(Cl)cc1-c1[nH]c(-c2nc(N)ncc2C#Cc2cccc(N3CCN(C)CC3)c2)cc1C(N)=O. The van der Waals surface area contributed by atoms with Gasteiger partial charge in [0.25, 0.3) is 5.91 Å². The van der Waals surface area contributed by atoms with Crippen molar-refractivity contribution >= 4 is 29.1 Å². The van der Waals surface area contributed by atoms with Crippen LogP contribution in [0.3, 0.4) is 0 Å². The molecule has 0 radical (unpaired) electrons. The maximum Gasteiger partial charge on any atom is 0.250 e. The quantitative estimate of drug-likeness (QED) is 0.347. The lowest BCUT2D eigenvalue weighted by molar-refractivity contribution is 0.100. The van der Waals surface area contributed by atoms with Crippen molar-refractivity contribution in [3.8, 4) is 34.5 Å². The number of aromatic nitrogens is 3. The number of carbonyl (C=O) groups excluding carboxylic acids is 1. The van der Waals surface area contributed by atoms with Crippen LogP contribution < -0.4 is 16.4 Å². The van der Waals surface area contributed by atoms with Crippen LogP contribution in [0.5, 0.6) is 0 Å². The Kier molecular flexibility index (Phi) is 7.05. The number of nitrogens with zero attached hydrogens (tertiary/aromatic N) is 4. The summed E-state index contributed by atoms with van der Waals surface area (Å²) >= 11 is 6.24. The number of rotatable bonds is 4. The molecular weight excluding hydrogens is 498 g/mol. The first kappa shape index (κ1) is 25.3. The molecule has 1 aliphatic heterocycles. The number of aromatic amines is 1. The molecule has 0 saturated carbocycles. The zero-order valence-corrected chi connectivity index (χ0v) is 22.0. The van der Waals surface area contributed by atoms with E-state index in [9.17, 15) is 4.79 Å². The average molecular weight is 526 g/mol. The topological polar surface area (TPSA) is 117 Å². The van der Waals surface area contributed by atoms with Crippen LogP contribution in [0.15, 0.2) is 54.7 Å². The second-order valence-corrected chi connectivity index (χ2v) is 9.81. The van der Waals surface area contributed by atoms with Gasteiger partial charge < -0.3 is 26.3 Å². The monoisotopic (exact) mass is 525 g/mol. The molecule has 1 aliphatic rings. The Morgan fingerprint density at radius 1 is 1.08 bits per heavy atom. The van der Waals surface area contributed by atoms with Crippen LogP contribution in [0, 0.1) is 18.8 Å². The number of carbonyl (C=O) groups is 1. The van der Waals surface area contributed by atoms with E-state index in [4.69, 9.17) is 23.1 Å². The first-order valence-corrected chi connectivity index (χ1v) is 12.6. The van der Waals surface area contributed by atoms with E-state index < -0.39 is 5.91 Å². The molecule has 5 N–H and O–H groups in total. The lowest BCUT2D eigenvalue weighted by atomic mass is 10.0. The minimum atomic E-state index is -0.572. The zero-order chi connectivity index (χ0) is 26.8. The molecule has 0 unspecified atom stereocenters. The van der Waals surface area contributed by atoms with E-state index in [1.807, 2.05) is 25.1 Å². The summed E-state index contributed by atoms with van der Waals surface area (Å²) < 4.78 is 0. The van der Waals surface area contributed by atoms with Gasteiger partial charge in [0.05, 0.1) is 22.5 Å². The van der Waals surface area contributed by atoms with Gasteiger partial charge in [-0.15, -0.1) is 0 Å². The normalized spacial score (nSPS) is 13.7. The Morgan fingerprint density at radius 2 is 1.87 bits per heavy atom. The van der Waals surface area contributed by atoms with E-state index in [0.717, 1.165) is 48.6 Å². The molecule has 0 aliphatic carbocycles. The minimum absolute atomic E-state index is 0.0957. The highest BCUT2D eigenvalue weighted by molar-refractivity contribution is 6.31. The third-order valence-corrected chi connectivity index (χ3v) is 6.91. The summed E-state index contributed by atoms with van der Waals surface area (Å²) in [6.07, 6.45) is 1.59. The van der Waals surface area contributed by atoms with Gasteiger partial charge in [-0.1, -0.05) is 35.6 Å². The van der Waals surface area contributed by atoms with Crippen LogP contribution in [-0.4, -0.2) is 59.0 Å². The third-order valence-electron chi connectivity index (χ3n) is 6.67. The number of likely N-dealkylation sites (N-methyl/N-ethyl adjacent to an activating group) is 1. The van der Waals surface area contributed by atoms with Gasteiger partial charge in [0.15, 0.2) is 0 Å². The number of primary amides is 1. The number of nitrogens with two attached hydrogens (primary N) is 2. The van der Waals surface area contributed by atoms with Gasteiger partial charge in [-0.2, -0.15) is 0 Å². The lowest BCUT2D eigenvalue weighted by Crippen LogP contribution is -2.44. The zero-order valence-electron chi connectivity index (χ0n) is 21.3. The molecule has 2 aromatic carbocycles. The minimum Gasteiger partial charge on any atom is -0.369 e. The maximum atomic E-state index is 12.4. The van der Waals surface area contributed by atoms with Crippen molar-refractivity contribution in [3.05, 3.63) is 82.0 Å². The summed E-state index contributed by atoms with van der Waals surface area (Å²) in [5.41, 5.74) is 17.9. The summed E-state index contributed by atoms with van der Waals surface area (Å²) in [4.78, 5) is 28.9. The van der Waals surface area contributed by atoms with Crippen LogP contribution in [-0.2, 0) is 0 Å². The largest absolute Gasteiger partial charge is 0.369 e. The molecule has 2 aromatic heterocycles. The molecule has 1 amide bonds. The van der Waals surface area contributed by atoms with Crippen molar-refractivity contribution in [2.75, 3.05) is 43.9 Å². The second-order valence-electron chi connectivity index (χ2n) is 9.38. The Hall–Kier alpha value is -4.32. The molecule has 4 aromatic rings. The Bertz CT molecular complexity index is 1580. The molecule has 0 spiro atoms. The third kappa shape index (κ3) is 5.35. The predicted octanol–water partition coefficient (Wildman–Crippen LogP) is 3.93.